The summed E-state index contributed by atoms with van der Waals surface area (Å²) in [4.78, 5) is 36.6. The van der Waals surface area contributed by atoms with Crippen LogP contribution in [-0.2, 0) is 14.3 Å². The molecule has 0 aliphatic carbocycles. The number of benzene rings is 1. The lowest BCUT2D eigenvalue weighted by Gasteiger charge is -2.19. The summed E-state index contributed by atoms with van der Waals surface area (Å²) < 4.78 is 4.63. The molecular formula is C16H22ClN3O4. The van der Waals surface area contributed by atoms with Gasteiger partial charge in [0.15, 0.2) is 0 Å². The van der Waals surface area contributed by atoms with Crippen molar-refractivity contribution in [2.24, 2.45) is 0 Å². The fraction of sp³-hybridized carbons (Fsp3) is 0.438. The Morgan fingerprint density at radius 1 is 1.17 bits per heavy atom. The Bertz CT molecular complexity index is 607. The maximum absolute atomic E-state index is 12.1. The molecule has 0 aliphatic heterocycles. The van der Waals surface area contributed by atoms with Crippen molar-refractivity contribution in [2.45, 2.75) is 20.8 Å². The molecule has 3 amide bonds. The lowest BCUT2D eigenvalue weighted by molar-refractivity contribution is -0.122. The standard InChI is InChI=1S/C16H22ClN3O4/c1-4-20(10-15(22)19-16(23)24-5-2)9-14(21)18-13-7-6-12(17)8-11(13)3/h6-8H,4-5,9-10H2,1-3H3,(H,18,21)(H,19,22,23). The SMILES string of the molecule is CCOC(=O)NC(=O)CN(CC)CC(=O)Nc1ccc(Cl)cc1C. The first-order valence-electron chi connectivity index (χ1n) is 7.60. The van der Waals surface area contributed by atoms with E-state index in [0.717, 1.165) is 5.56 Å². The topological polar surface area (TPSA) is 87.7 Å². The van der Waals surface area contributed by atoms with Crippen LogP contribution in [0.2, 0.25) is 5.02 Å². The van der Waals surface area contributed by atoms with E-state index in [1.165, 1.54) is 0 Å². The van der Waals surface area contributed by atoms with Crippen molar-refractivity contribution in [2.75, 3.05) is 31.6 Å². The highest BCUT2D eigenvalue weighted by Gasteiger charge is 2.16. The number of hydrogen-bond donors (Lipinski definition) is 2. The lowest BCUT2D eigenvalue weighted by atomic mass is 10.2. The number of halogens is 1. The number of hydrogen-bond acceptors (Lipinski definition) is 5. The van der Waals surface area contributed by atoms with Gasteiger partial charge in [-0.2, -0.15) is 0 Å². The van der Waals surface area contributed by atoms with Gasteiger partial charge in [0, 0.05) is 10.7 Å². The van der Waals surface area contributed by atoms with Crippen molar-refractivity contribution in [1.29, 1.82) is 0 Å². The summed E-state index contributed by atoms with van der Waals surface area (Å²) in [5, 5.41) is 5.46. The molecule has 2 N–H and O–H groups in total. The van der Waals surface area contributed by atoms with E-state index in [1.54, 1.807) is 30.0 Å². The van der Waals surface area contributed by atoms with Crippen LogP contribution in [0.5, 0.6) is 0 Å². The summed E-state index contributed by atoms with van der Waals surface area (Å²) in [6.07, 6.45) is -0.792. The number of aryl methyl sites for hydroxylation is 1. The van der Waals surface area contributed by atoms with E-state index in [-0.39, 0.29) is 25.6 Å². The Labute approximate surface area is 146 Å². The minimum absolute atomic E-state index is 0.0226. The Hall–Kier alpha value is -2.12. The van der Waals surface area contributed by atoms with E-state index in [2.05, 4.69) is 15.4 Å². The van der Waals surface area contributed by atoms with E-state index >= 15 is 0 Å². The average molecular weight is 356 g/mol. The number of nitrogens with zero attached hydrogens (tertiary/aromatic N) is 1. The number of rotatable bonds is 7. The normalized spacial score (nSPS) is 10.4. The van der Waals surface area contributed by atoms with Crippen LogP contribution in [0.1, 0.15) is 19.4 Å². The number of nitrogens with one attached hydrogen (secondary N) is 2. The minimum Gasteiger partial charge on any atom is -0.450 e. The molecule has 8 heteroatoms. The zero-order valence-electron chi connectivity index (χ0n) is 14.0. The number of alkyl carbamates (subject to hydrolysis) is 1. The van der Waals surface area contributed by atoms with Crippen LogP contribution >= 0.6 is 11.6 Å². The van der Waals surface area contributed by atoms with Crippen LogP contribution < -0.4 is 10.6 Å². The highest BCUT2D eigenvalue weighted by atomic mass is 35.5. The zero-order chi connectivity index (χ0) is 18.1. The first-order valence-corrected chi connectivity index (χ1v) is 7.98. The van der Waals surface area contributed by atoms with E-state index in [0.29, 0.717) is 17.3 Å². The van der Waals surface area contributed by atoms with Gasteiger partial charge in [-0.25, -0.2) is 4.79 Å². The number of likely N-dealkylation sites (N-methyl/N-ethyl adjacent to an activating group) is 1. The molecule has 0 unspecified atom stereocenters. The molecule has 0 fully saturated rings. The minimum atomic E-state index is -0.792. The molecule has 0 bridgehead atoms. The Morgan fingerprint density at radius 2 is 1.83 bits per heavy atom. The van der Waals surface area contributed by atoms with Gasteiger partial charge in [0.05, 0.1) is 19.7 Å². The Kier molecular flexibility index (Phi) is 8.21. The molecule has 0 heterocycles. The second-order valence-corrected chi connectivity index (χ2v) is 5.52. The van der Waals surface area contributed by atoms with E-state index in [1.807, 2.05) is 13.8 Å². The molecule has 24 heavy (non-hydrogen) atoms. The van der Waals surface area contributed by atoms with Crippen molar-refractivity contribution in [1.82, 2.24) is 10.2 Å². The van der Waals surface area contributed by atoms with Crippen molar-refractivity contribution in [3.8, 4) is 0 Å². The molecule has 0 radical (unpaired) electrons. The van der Waals surface area contributed by atoms with Gasteiger partial charge in [0.25, 0.3) is 0 Å². The lowest BCUT2D eigenvalue weighted by Crippen LogP contribution is -2.43. The maximum atomic E-state index is 12.1. The van der Waals surface area contributed by atoms with Crippen LogP contribution in [0, 0.1) is 6.92 Å². The summed E-state index contributed by atoms with van der Waals surface area (Å²) in [7, 11) is 0. The first-order chi connectivity index (χ1) is 11.3. The fourth-order valence-electron chi connectivity index (χ4n) is 1.96. The molecule has 0 atom stereocenters. The maximum Gasteiger partial charge on any atom is 0.413 e. The molecule has 0 saturated carbocycles. The largest absolute Gasteiger partial charge is 0.450 e. The molecular weight excluding hydrogens is 334 g/mol. The third kappa shape index (κ3) is 6.97. The van der Waals surface area contributed by atoms with E-state index < -0.39 is 12.0 Å². The molecule has 0 aliphatic rings. The first kappa shape index (κ1) is 19.9. The summed E-state index contributed by atoms with van der Waals surface area (Å²) in [6, 6.07) is 5.16. The third-order valence-corrected chi connectivity index (χ3v) is 3.40. The highest BCUT2D eigenvalue weighted by molar-refractivity contribution is 6.30. The van der Waals surface area contributed by atoms with Crippen LogP contribution in [0.15, 0.2) is 18.2 Å². The summed E-state index contributed by atoms with van der Waals surface area (Å²) >= 11 is 5.88. The quantitative estimate of drug-likeness (QED) is 0.782. The van der Waals surface area contributed by atoms with Gasteiger partial charge >= 0.3 is 6.09 Å². The number of carbonyl (C=O) groups excluding carboxylic acids is 3. The monoisotopic (exact) mass is 355 g/mol. The fourth-order valence-corrected chi connectivity index (χ4v) is 2.19. The second-order valence-electron chi connectivity index (χ2n) is 5.08. The summed E-state index contributed by atoms with van der Waals surface area (Å²) in [6.45, 7) is 5.90. The van der Waals surface area contributed by atoms with Crippen molar-refractivity contribution < 1.29 is 19.1 Å². The molecule has 1 rings (SSSR count). The van der Waals surface area contributed by atoms with Gasteiger partial charge in [0.1, 0.15) is 0 Å². The second kappa shape index (κ2) is 9.89. The number of anilines is 1. The highest BCUT2D eigenvalue weighted by Crippen LogP contribution is 2.19. The van der Waals surface area contributed by atoms with Crippen LogP contribution in [-0.4, -0.2) is 49.0 Å². The molecule has 0 aromatic heterocycles. The molecule has 0 saturated heterocycles. The van der Waals surface area contributed by atoms with Crippen LogP contribution in [0.25, 0.3) is 0 Å². The van der Waals surface area contributed by atoms with Crippen LogP contribution in [0.3, 0.4) is 0 Å². The smallest absolute Gasteiger partial charge is 0.413 e. The van der Waals surface area contributed by atoms with E-state index in [4.69, 9.17) is 11.6 Å². The number of carbonyl (C=O) groups is 3. The third-order valence-electron chi connectivity index (χ3n) is 3.16. The predicted octanol–water partition coefficient (Wildman–Crippen LogP) is 2.18. The number of ether oxygens (including phenoxy) is 1. The molecule has 132 valence electrons. The average Bonchev–Trinajstić information content (AvgIpc) is 2.49. The van der Waals surface area contributed by atoms with Gasteiger partial charge in [-0.05, 0) is 44.2 Å². The molecule has 1 aromatic carbocycles. The predicted molar refractivity (Wildman–Crippen MR) is 92.1 cm³/mol. The van der Waals surface area contributed by atoms with Gasteiger partial charge in [-0.3, -0.25) is 19.8 Å². The number of imide groups is 1. The zero-order valence-corrected chi connectivity index (χ0v) is 14.8. The number of amides is 3. The molecule has 7 nitrogen and oxygen atoms in total. The van der Waals surface area contributed by atoms with Crippen molar-refractivity contribution in [3.05, 3.63) is 28.8 Å². The van der Waals surface area contributed by atoms with Gasteiger partial charge in [-0.15, -0.1) is 0 Å². The van der Waals surface area contributed by atoms with Gasteiger partial charge < -0.3 is 10.1 Å². The van der Waals surface area contributed by atoms with Crippen LogP contribution in [0.4, 0.5) is 10.5 Å². The molecule has 1 aromatic rings. The summed E-state index contributed by atoms with van der Waals surface area (Å²) in [5.41, 5.74) is 1.51. The molecule has 0 spiro atoms. The van der Waals surface area contributed by atoms with Gasteiger partial charge in [0.2, 0.25) is 11.8 Å². The van der Waals surface area contributed by atoms with Crippen molar-refractivity contribution >= 4 is 35.2 Å². The van der Waals surface area contributed by atoms with Crippen molar-refractivity contribution in [3.63, 3.8) is 0 Å². The Balaban J connectivity index is 2.53. The Morgan fingerprint density at radius 3 is 2.42 bits per heavy atom. The summed E-state index contributed by atoms with van der Waals surface area (Å²) in [5.74, 6) is -0.781. The van der Waals surface area contributed by atoms with E-state index in [9.17, 15) is 14.4 Å². The van der Waals surface area contributed by atoms with Gasteiger partial charge in [-0.1, -0.05) is 18.5 Å².